The Kier molecular flexibility index (Phi) is 5.01. The maximum absolute atomic E-state index is 12.9. The maximum Gasteiger partial charge on any atom is 0.251 e. The van der Waals surface area contributed by atoms with Crippen molar-refractivity contribution in [1.29, 1.82) is 0 Å². The van der Waals surface area contributed by atoms with E-state index >= 15 is 0 Å². The van der Waals surface area contributed by atoms with E-state index in [1.165, 1.54) is 0 Å². The van der Waals surface area contributed by atoms with Crippen molar-refractivity contribution in [2.24, 2.45) is 0 Å². The van der Waals surface area contributed by atoms with Crippen LogP contribution in [0.1, 0.15) is 42.2 Å². The fourth-order valence-corrected chi connectivity index (χ4v) is 3.77. The van der Waals surface area contributed by atoms with Crippen molar-refractivity contribution in [2.45, 2.75) is 31.9 Å². The topological polar surface area (TPSA) is 47.6 Å². The van der Waals surface area contributed by atoms with Crippen molar-refractivity contribution in [3.63, 3.8) is 0 Å². The molecule has 0 radical (unpaired) electrons. The first-order chi connectivity index (χ1) is 13.9. The van der Waals surface area contributed by atoms with E-state index in [4.69, 9.17) is 9.47 Å². The first-order valence-corrected chi connectivity index (χ1v) is 9.78. The molecule has 1 heterocycles. The van der Waals surface area contributed by atoms with Gasteiger partial charge in [-0.05, 0) is 49.2 Å². The molecular formula is C25H25NO3. The number of hydrogen-bond donors (Lipinski definition) is 1. The molecule has 4 heteroatoms. The van der Waals surface area contributed by atoms with E-state index in [1.807, 2.05) is 74.5 Å². The molecule has 29 heavy (non-hydrogen) atoms. The lowest BCUT2D eigenvalue weighted by atomic mass is 9.89. The summed E-state index contributed by atoms with van der Waals surface area (Å²) in [7, 11) is 1.63. The third-order valence-electron chi connectivity index (χ3n) is 5.24. The SMILES string of the molecule is COc1ccc2c(c1)OC(C)(C)CC2NC(=O)c1ccc(-c2ccccc2)cc1. The lowest BCUT2D eigenvalue weighted by Gasteiger charge is -2.38. The molecule has 0 fully saturated rings. The number of ether oxygens (including phenoxy) is 2. The predicted molar refractivity (Wildman–Crippen MR) is 114 cm³/mol. The first-order valence-electron chi connectivity index (χ1n) is 9.78. The van der Waals surface area contributed by atoms with E-state index in [1.54, 1.807) is 7.11 Å². The van der Waals surface area contributed by atoms with Gasteiger partial charge in [-0.25, -0.2) is 0 Å². The van der Waals surface area contributed by atoms with Crippen LogP contribution in [0.3, 0.4) is 0 Å². The average molecular weight is 387 g/mol. The zero-order valence-corrected chi connectivity index (χ0v) is 16.9. The van der Waals surface area contributed by atoms with Gasteiger partial charge in [-0.2, -0.15) is 0 Å². The molecular weight excluding hydrogens is 362 g/mol. The van der Waals surface area contributed by atoms with Gasteiger partial charge in [0, 0.05) is 23.6 Å². The molecule has 1 N–H and O–H groups in total. The number of methoxy groups -OCH3 is 1. The van der Waals surface area contributed by atoms with Gasteiger partial charge in [0.2, 0.25) is 0 Å². The van der Waals surface area contributed by atoms with E-state index in [0.717, 1.165) is 28.2 Å². The smallest absolute Gasteiger partial charge is 0.251 e. The lowest BCUT2D eigenvalue weighted by molar-refractivity contribution is 0.0617. The number of fused-ring (bicyclic) bond motifs is 1. The largest absolute Gasteiger partial charge is 0.497 e. The highest BCUT2D eigenvalue weighted by Gasteiger charge is 2.35. The first kappa shape index (κ1) is 19.1. The zero-order chi connectivity index (χ0) is 20.4. The van der Waals surface area contributed by atoms with E-state index in [0.29, 0.717) is 12.0 Å². The second kappa shape index (κ2) is 7.63. The van der Waals surface area contributed by atoms with Crippen molar-refractivity contribution in [1.82, 2.24) is 5.32 Å². The standard InChI is InChI=1S/C25H25NO3/c1-25(2)16-22(21-14-13-20(28-3)15-23(21)29-25)26-24(27)19-11-9-18(10-12-19)17-7-5-4-6-8-17/h4-15,22H,16H2,1-3H3,(H,26,27). The van der Waals surface area contributed by atoms with Gasteiger partial charge in [0.1, 0.15) is 17.1 Å². The summed E-state index contributed by atoms with van der Waals surface area (Å²) in [5, 5.41) is 3.18. The highest BCUT2D eigenvalue weighted by Crippen LogP contribution is 2.41. The van der Waals surface area contributed by atoms with Crippen LogP contribution in [0, 0.1) is 0 Å². The molecule has 148 valence electrons. The van der Waals surface area contributed by atoms with Gasteiger partial charge < -0.3 is 14.8 Å². The number of amides is 1. The molecule has 0 saturated carbocycles. The van der Waals surface area contributed by atoms with Crippen molar-refractivity contribution in [2.75, 3.05) is 7.11 Å². The summed E-state index contributed by atoms with van der Waals surface area (Å²) < 4.78 is 11.4. The second-order valence-electron chi connectivity index (χ2n) is 7.94. The van der Waals surface area contributed by atoms with Gasteiger partial charge in [0.05, 0.1) is 13.2 Å². The van der Waals surface area contributed by atoms with E-state index in [2.05, 4.69) is 17.4 Å². The molecule has 1 atom stereocenters. The van der Waals surface area contributed by atoms with Crippen LogP contribution in [-0.4, -0.2) is 18.6 Å². The Hall–Kier alpha value is -3.27. The number of nitrogens with one attached hydrogen (secondary N) is 1. The normalized spacial score (nSPS) is 17.0. The van der Waals surface area contributed by atoms with Crippen molar-refractivity contribution in [3.8, 4) is 22.6 Å². The highest BCUT2D eigenvalue weighted by molar-refractivity contribution is 5.95. The quantitative estimate of drug-likeness (QED) is 0.652. The monoisotopic (exact) mass is 387 g/mol. The van der Waals surface area contributed by atoms with Gasteiger partial charge in [0.25, 0.3) is 5.91 Å². The molecule has 4 rings (SSSR count). The summed E-state index contributed by atoms with van der Waals surface area (Å²) in [6.45, 7) is 4.06. The molecule has 0 aromatic heterocycles. The minimum Gasteiger partial charge on any atom is -0.497 e. The van der Waals surface area contributed by atoms with Gasteiger partial charge in [-0.3, -0.25) is 4.79 Å². The minimum atomic E-state index is -0.380. The number of carbonyl (C=O) groups is 1. The van der Waals surface area contributed by atoms with Crippen LogP contribution >= 0.6 is 0 Å². The molecule has 0 bridgehead atoms. The molecule has 1 amide bonds. The Labute approximate surface area is 171 Å². The molecule has 4 nitrogen and oxygen atoms in total. The van der Waals surface area contributed by atoms with Crippen LogP contribution < -0.4 is 14.8 Å². The van der Waals surface area contributed by atoms with E-state index in [9.17, 15) is 4.79 Å². The van der Waals surface area contributed by atoms with Crippen LogP contribution in [0.4, 0.5) is 0 Å². The fraction of sp³-hybridized carbons (Fsp3) is 0.240. The average Bonchev–Trinajstić information content (AvgIpc) is 2.73. The predicted octanol–water partition coefficient (Wildman–Crippen LogP) is 5.39. The van der Waals surface area contributed by atoms with E-state index < -0.39 is 0 Å². The summed E-state index contributed by atoms with van der Waals surface area (Å²) in [6.07, 6.45) is 0.695. The van der Waals surface area contributed by atoms with Gasteiger partial charge in [-0.1, -0.05) is 42.5 Å². The van der Waals surface area contributed by atoms with Crippen LogP contribution in [0.2, 0.25) is 0 Å². The number of benzene rings is 3. The Balaban J connectivity index is 1.55. The fourth-order valence-electron chi connectivity index (χ4n) is 3.77. The zero-order valence-electron chi connectivity index (χ0n) is 16.9. The lowest BCUT2D eigenvalue weighted by Crippen LogP contribution is -2.41. The molecule has 1 aliphatic rings. The van der Waals surface area contributed by atoms with Crippen LogP contribution in [0.15, 0.2) is 72.8 Å². The molecule has 3 aromatic carbocycles. The minimum absolute atomic E-state index is 0.0888. The van der Waals surface area contributed by atoms with E-state index in [-0.39, 0.29) is 17.6 Å². The Morgan fingerprint density at radius 3 is 2.38 bits per heavy atom. The van der Waals surface area contributed by atoms with Crippen molar-refractivity contribution in [3.05, 3.63) is 83.9 Å². The molecule has 3 aromatic rings. The van der Waals surface area contributed by atoms with Crippen LogP contribution in [0.25, 0.3) is 11.1 Å². The van der Waals surface area contributed by atoms with Gasteiger partial charge in [0.15, 0.2) is 0 Å². The summed E-state index contributed by atoms with van der Waals surface area (Å²) in [6, 6.07) is 23.5. The molecule has 1 unspecified atom stereocenters. The molecule has 0 aliphatic carbocycles. The maximum atomic E-state index is 12.9. The summed E-state index contributed by atoms with van der Waals surface area (Å²) in [4.78, 5) is 12.9. The number of hydrogen-bond acceptors (Lipinski definition) is 3. The third-order valence-corrected chi connectivity index (χ3v) is 5.24. The summed E-state index contributed by atoms with van der Waals surface area (Å²) >= 11 is 0. The summed E-state index contributed by atoms with van der Waals surface area (Å²) in [5.74, 6) is 1.41. The summed E-state index contributed by atoms with van der Waals surface area (Å²) in [5.41, 5.74) is 3.46. The Bertz CT molecular complexity index is 1010. The van der Waals surface area contributed by atoms with Crippen molar-refractivity contribution < 1.29 is 14.3 Å². The van der Waals surface area contributed by atoms with Gasteiger partial charge >= 0.3 is 0 Å². The highest BCUT2D eigenvalue weighted by atomic mass is 16.5. The second-order valence-corrected chi connectivity index (χ2v) is 7.94. The van der Waals surface area contributed by atoms with Crippen LogP contribution in [-0.2, 0) is 0 Å². The number of rotatable bonds is 4. The third kappa shape index (κ3) is 4.11. The molecule has 0 spiro atoms. The molecule has 1 aliphatic heterocycles. The number of carbonyl (C=O) groups excluding carboxylic acids is 1. The van der Waals surface area contributed by atoms with Gasteiger partial charge in [-0.15, -0.1) is 0 Å². The Morgan fingerprint density at radius 2 is 1.69 bits per heavy atom. The Morgan fingerprint density at radius 1 is 1.00 bits per heavy atom. The molecule has 0 saturated heterocycles. The van der Waals surface area contributed by atoms with Crippen LogP contribution in [0.5, 0.6) is 11.5 Å². The van der Waals surface area contributed by atoms with Crippen molar-refractivity contribution >= 4 is 5.91 Å².